The Morgan fingerprint density at radius 1 is 1.41 bits per heavy atom. The van der Waals surface area contributed by atoms with Crippen molar-refractivity contribution >= 4 is 17.6 Å². The topological polar surface area (TPSA) is 82.5 Å². The Bertz CT molecular complexity index is 489. The first-order valence-electron chi connectivity index (χ1n) is 5.29. The fourth-order valence-corrected chi connectivity index (χ4v) is 2.28. The second-order valence-corrected chi connectivity index (χ2v) is 4.44. The molecule has 0 radical (unpaired) electrons. The summed E-state index contributed by atoms with van der Waals surface area (Å²) >= 11 is 1.51. The van der Waals surface area contributed by atoms with Crippen LogP contribution in [-0.2, 0) is 12.3 Å². The van der Waals surface area contributed by atoms with Crippen LogP contribution in [0.4, 0.5) is 5.82 Å². The maximum atomic E-state index is 5.67. The summed E-state index contributed by atoms with van der Waals surface area (Å²) in [6.45, 7) is 4.74. The van der Waals surface area contributed by atoms with E-state index in [-0.39, 0.29) is 0 Å². The molecule has 2 aromatic heterocycles. The molecule has 6 nitrogen and oxygen atoms in total. The van der Waals surface area contributed by atoms with E-state index < -0.39 is 0 Å². The van der Waals surface area contributed by atoms with Crippen molar-refractivity contribution in [3.8, 4) is 0 Å². The van der Waals surface area contributed by atoms with Crippen molar-refractivity contribution in [1.29, 1.82) is 0 Å². The number of hydrogen-bond donors (Lipinski definition) is 1. The zero-order chi connectivity index (χ0) is 12.3. The average molecular weight is 250 g/mol. The molecule has 0 aromatic carbocycles. The number of nitrogen functional groups attached to an aromatic ring is 1. The van der Waals surface area contributed by atoms with E-state index in [1.54, 1.807) is 12.4 Å². The Balaban J connectivity index is 2.07. The number of thioether (sulfide) groups is 1. The van der Waals surface area contributed by atoms with Crippen LogP contribution in [-0.4, -0.2) is 24.7 Å². The smallest absolute Gasteiger partial charge is 0.190 e. The molecule has 17 heavy (non-hydrogen) atoms. The van der Waals surface area contributed by atoms with Gasteiger partial charge in [-0.1, -0.05) is 11.8 Å². The van der Waals surface area contributed by atoms with E-state index in [0.29, 0.717) is 16.7 Å². The van der Waals surface area contributed by atoms with Crippen molar-refractivity contribution in [2.75, 3.05) is 5.73 Å². The predicted octanol–water partition coefficient (Wildman–Crippen LogP) is 1.27. The highest BCUT2D eigenvalue weighted by Gasteiger charge is 2.06. The average Bonchev–Trinajstić information content (AvgIpc) is 2.72. The number of anilines is 1. The van der Waals surface area contributed by atoms with E-state index in [1.807, 2.05) is 18.5 Å². The maximum absolute atomic E-state index is 5.67. The van der Waals surface area contributed by atoms with E-state index >= 15 is 0 Å². The summed E-state index contributed by atoms with van der Waals surface area (Å²) < 4.78 is 1.85. The maximum Gasteiger partial charge on any atom is 0.190 e. The molecule has 90 valence electrons. The number of rotatable bonds is 4. The molecular weight excluding hydrogens is 236 g/mol. The van der Waals surface area contributed by atoms with E-state index in [1.165, 1.54) is 11.8 Å². The molecule has 0 aliphatic rings. The van der Waals surface area contributed by atoms with Crippen LogP contribution in [0, 0.1) is 6.92 Å². The summed E-state index contributed by atoms with van der Waals surface area (Å²) in [5, 5.41) is 4.78. The van der Waals surface area contributed by atoms with Crippen LogP contribution in [0.25, 0.3) is 0 Å². The largest absolute Gasteiger partial charge is 0.384 e. The first-order chi connectivity index (χ1) is 8.19. The first-order valence-corrected chi connectivity index (χ1v) is 6.28. The van der Waals surface area contributed by atoms with Gasteiger partial charge in [0.1, 0.15) is 18.0 Å². The van der Waals surface area contributed by atoms with Gasteiger partial charge in [0.2, 0.25) is 0 Å². The zero-order valence-electron chi connectivity index (χ0n) is 9.79. The van der Waals surface area contributed by atoms with E-state index in [4.69, 9.17) is 5.73 Å². The minimum absolute atomic E-state index is 0.497. The van der Waals surface area contributed by atoms with Crippen molar-refractivity contribution in [2.24, 2.45) is 0 Å². The molecule has 0 saturated carbocycles. The van der Waals surface area contributed by atoms with Gasteiger partial charge in [-0.2, -0.15) is 5.10 Å². The van der Waals surface area contributed by atoms with Crippen LogP contribution in [0.1, 0.15) is 18.4 Å². The molecule has 0 bridgehead atoms. The zero-order valence-corrected chi connectivity index (χ0v) is 10.6. The molecule has 0 spiro atoms. The quantitative estimate of drug-likeness (QED) is 0.650. The van der Waals surface area contributed by atoms with Gasteiger partial charge in [0, 0.05) is 18.3 Å². The molecule has 0 saturated heterocycles. The lowest BCUT2D eigenvalue weighted by Crippen LogP contribution is -2.03. The normalized spacial score (nSPS) is 10.7. The molecule has 0 aliphatic carbocycles. The molecule has 7 heteroatoms. The SMILES string of the molecule is CCn1ncnc1CSc1nc(C)cc(N)n1. The lowest BCUT2D eigenvalue weighted by molar-refractivity contribution is 0.632. The fourth-order valence-electron chi connectivity index (χ4n) is 1.42. The van der Waals surface area contributed by atoms with Crippen molar-refractivity contribution in [1.82, 2.24) is 24.7 Å². The Labute approximate surface area is 104 Å². The van der Waals surface area contributed by atoms with Crippen molar-refractivity contribution < 1.29 is 0 Å². The summed E-state index contributed by atoms with van der Waals surface area (Å²) in [5.74, 6) is 2.11. The summed E-state index contributed by atoms with van der Waals surface area (Å²) in [7, 11) is 0. The fraction of sp³-hybridized carbons (Fsp3) is 0.400. The molecule has 0 atom stereocenters. The van der Waals surface area contributed by atoms with E-state index in [0.717, 1.165) is 18.1 Å². The van der Waals surface area contributed by atoms with Gasteiger partial charge >= 0.3 is 0 Å². The molecule has 0 amide bonds. The highest BCUT2D eigenvalue weighted by molar-refractivity contribution is 7.98. The van der Waals surface area contributed by atoms with E-state index in [2.05, 4.69) is 20.1 Å². The lowest BCUT2D eigenvalue weighted by Gasteiger charge is -2.03. The minimum Gasteiger partial charge on any atom is -0.384 e. The number of nitrogens with zero attached hydrogens (tertiary/aromatic N) is 5. The van der Waals surface area contributed by atoms with Crippen LogP contribution in [0.2, 0.25) is 0 Å². The van der Waals surface area contributed by atoms with Gasteiger partial charge in [-0.05, 0) is 13.8 Å². The Kier molecular flexibility index (Phi) is 3.58. The second kappa shape index (κ2) is 5.13. The molecule has 2 heterocycles. The standard InChI is InChI=1S/C10H14N6S/c1-3-16-9(12-6-13-16)5-17-10-14-7(2)4-8(11)15-10/h4,6H,3,5H2,1-2H3,(H2,11,14,15). The third kappa shape index (κ3) is 2.94. The number of hydrogen-bond acceptors (Lipinski definition) is 6. The Hall–Kier alpha value is -1.63. The Morgan fingerprint density at radius 2 is 2.24 bits per heavy atom. The third-order valence-corrected chi connectivity index (χ3v) is 3.02. The molecule has 0 aliphatic heterocycles. The summed E-state index contributed by atoms with van der Waals surface area (Å²) in [5.41, 5.74) is 6.54. The molecule has 0 unspecified atom stereocenters. The van der Waals surface area contributed by atoms with Crippen molar-refractivity contribution in [2.45, 2.75) is 31.3 Å². The van der Waals surface area contributed by atoms with Gasteiger partial charge in [0.05, 0.1) is 5.75 Å². The van der Waals surface area contributed by atoms with Crippen molar-refractivity contribution in [3.63, 3.8) is 0 Å². The molecule has 2 aromatic rings. The van der Waals surface area contributed by atoms with Gasteiger partial charge in [0.25, 0.3) is 0 Å². The van der Waals surface area contributed by atoms with Gasteiger partial charge in [-0.25, -0.2) is 19.6 Å². The lowest BCUT2D eigenvalue weighted by atomic mass is 10.4. The number of aryl methyl sites for hydroxylation is 2. The van der Waals surface area contributed by atoms with Crippen LogP contribution < -0.4 is 5.73 Å². The van der Waals surface area contributed by atoms with Crippen LogP contribution in [0.5, 0.6) is 0 Å². The highest BCUT2D eigenvalue weighted by atomic mass is 32.2. The molecule has 0 fully saturated rings. The monoisotopic (exact) mass is 250 g/mol. The van der Waals surface area contributed by atoms with Crippen LogP contribution in [0.15, 0.2) is 17.6 Å². The number of aromatic nitrogens is 5. The van der Waals surface area contributed by atoms with Gasteiger partial charge in [0.15, 0.2) is 5.16 Å². The first kappa shape index (κ1) is 11.8. The molecule has 2 rings (SSSR count). The summed E-state index contributed by atoms with van der Waals surface area (Å²) in [6, 6.07) is 1.75. The predicted molar refractivity (Wildman–Crippen MR) is 66.4 cm³/mol. The van der Waals surface area contributed by atoms with E-state index in [9.17, 15) is 0 Å². The van der Waals surface area contributed by atoms with Crippen LogP contribution in [0.3, 0.4) is 0 Å². The Morgan fingerprint density at radius 3 is 2.94 bits per heavy atom. The van der Waals surface area contributed by atoms with Crippen LogP contribution >= 0.6 is 11.8 Å². The number of nitrogens with two attached hydrogens (primary N) is 1. The highest BCUT2D eigenvalue weighted by Crippen LogP contribution is 2.19. The second-order valence-electron chi connectivity index (χ2n) is 3.50. The van der Waals surface area contributed by atoms with Gasteiger partial charge in [-0.15, -0.1) is 0 Å². The van der Waals surface area contributed by atoms with Gasteiger partial charge < -0.3 is 5.73 Å². The summed E-state index contributed by atoms with van der Waals surface area (Å²) in [4.78, 5) is 12.7. The third-order valence-electron chi connectivity index (χ3n) is 2.18. The molecule has 2 N–H and O–H groups in total. The molecular formula is C10H14N6S. The summed E-state index contributed by atoms with van der Waals surface area (Å²) in [6.07, 6.45) is 1.56. The minimum atomic E-state index is 0.497. The van der Waals surface area contributed by atoms with Crippen molar-refractivity contribution in [3.05, 3.63) is 23.9 Å². The van der Waals surface area contributed by atoms with Gasteiger partial charge in [-0.3, -0.25) is 0 Å².